The van der Waals surface area contributed by atoms with Crippen molar-refractivity contribution in [3.63, 3.8) is 0 Å². The quantitative estimate of drug-likeness (QED) is 0.0170. The first kappa shape index (κ1) is 93.8. The van der Waals surface area contributed by atoms with Gasteiger partial charge < -0.3 is 42.0 Å². The molecular formula is C90H135O16P. The Bertz CT molecular complexity index is 2930. The Morgan fingerprint density at radius 3 is 0.579 bits per heavy atom. The van der Waals surface area contributed by atoms with Gasteiger partial charge in [-0.1, -0.05) is 230 Å². The summed E-state index contributed by atoms with van der Waals surface area (Å²) in [6, 6.07) is 18.7. The van der Waals surface area contributed by atoms with E-state index in [4.69, 9.17) is 42.0 Å². The molecule has 0 heterocycles. The van der Waals surface area contributed by atoms with Gasteiger partial charge in [0.05, 0.1) is 39.6 Å². The number of unbranched alkanes of at least 4 members (excludes halogenated alkanes) is 30. The van der Waals surface area contributed by atoms with Crippen LogP contribution in [-0.2, 0) is 100 Å². The van der Waals surface area contributed by atoms with Crippen LogP contribution in [0.5, 0.6) is 17.2 Å². The van der Waals surface area contributed by atoms with Crippen molar-refractivity contribution < 1.29 is 75.3 Å². The van der Waals surface area contributed by atoms with E-state index < -0.39 is 7.82 Å². The van der Waals surface area contributed by atoms with Gasteiger partial charge in [-0.05, 0) is 209 Å². The first-order chi connectivity index (χ1) is 51.5. The molecule has 0 N–H and O–H groups in total. The lowest BCUT2D eigenvalue weighted by Crippen LogP contribution is -2.11. The third kappa shape index (κ3) is 45.2. The summed E-state index contributed by atoms with van der Waals surface area (Å²) in [5.41, 5.74) is 8.68. The molecule has 0 spiro atoms. The number of rotatable bonds is 66. The van der Waals surface area contributed by atoms with Crippen LogP contribution in [0.15, 0.2) is 128 Å². The summed E-state index contributed by atoms with van der Waals surface area (Å²) in [5, 5.41) is 0. The molecule has 0 unspecified atom stereocenters. The van der Waals surface area contributed by atoms with E-state index in [0.717, 1.165) is 284 Å². The Kier molecular flexibility index (Phi) is 50.5. The topological polar surface area (TPSA) is 203 Å². The van der Waals surface area contributed by atoms with Crippen LogP contribution in [0.2, 0.25) is 0 Å². The molecule has 0 aliphatic rings. The van der Waals surface area contributed by atoms with E-state index in [9.17, 15) is 28.8 Å². The van der Waals surface area contributed by atoms with Gasteiger partial charge in [0.15, 0.2) is 0 Å². The zero-order chi connectivity index (χ0) is 78.3. The highest BCUT2D eigenvalue weighted by Crippen LogP contribution is 2.52. The Balaban J connectivity index is 2.08. The first-order valence-electron chi connectivity index (χ1n) is 40.5. The maximum Gasteiger partial charge on any atom is 0.647 e. The molecular weight excluding hydrogens is 1370 g/mol. The van der Waals surface area contributed by atoms with Gasteiger partial charge in [0, 0.05) is 33.4 Å². The van der Waals surface area contributed by atoms with Crippen LogP contribution in [0, 0.1) is 0 Å². The van der Waals surface area contributed by atoms with Crippen molar-refractivity contribution >= 4 is 43.6 Å². The lowest BCUT2D eigenvalue weighted by molar-refractivity contribution is -0.139. The minimum Gasteiger partial charge on any atom is -0.462 e. The minimum absolute atomic E-state index is 0.347. The molecule has 0 aliphatic heterocycles. The highest BCUT2D eigenvalue weighted by atomic mass is 31.2. The molecule has 3 aromatic carbocycles. The van der Waals surface area contributed by atoms with Crippen LogP contribution >= 0.6 is 7.82 Å². The van der Waals surface area contributed by atoms with E-state index in [0.29, 0.717) is 110 Å². The number of benzene rings is 3. The number of carbonyl (C=O) groups is 6. The zero-order valence-electron chi connectivity index (χ0n) is 66.9. The smallest absolute Gasteiger partial charge is 0.462 e. The van der Waals surface area contributed by atoms with Crippen LogP contribution in [0.4, 0.5) is 0 Å². The molecule has 3 aromatic rings. The maximum atomic E-state index is 16.5. The third-order valence-electron chi connectivity index (χ3n) is 18.6. The SMILES string of the molecule is C=C(C)C(=O)OCCCCCCCCc1ccc(OP(=O)(Oc2ccc(CCCCCCCCOC(=O)C(=C)C)cc2CCCCCCCCOC(=O)C(=C)C)Oc2ccc(CCCCCCCCOC(=O)C(=C)C)cc2CCCCCCCCOC(=O)C(=C)C)c(CCCCCCCCOC(=O)C(=C)C)c1. The van der Waals surface area contributed by atoms with Crippen molar-refractivity contribution in [3.8, 4) is 17.2 Å². The molecule has 16 nitrogen and oxygen atoms in total. The standard InChI is InChI=1S/C90H135O16P/c1-70(2)85(91)98-61-43-31-19-13-25-37-49-76-55-58-82(79(67-76)52-40-28-16-22-34-46-64-101-88(94)73(7)8)104-107(97,105-83-59-56-77(50-38-26-14-20-32-44-62-99-86(92)71(3)4)68-80(83)53-41-29-17-23-35-47-65-102-89(95)74(9)10)106-84-60-57-78(51-39-27-15-21-33-45-63-100-87(93)72(5)6)69-81(84)54-42-30-18-24-36-48-66-103-90(96)75(11)12/h55-60,67-69H,1,3,5,7,9,11,13-54,61-66H2,2,4,6,8,10,12H3. The number of phosphoric ester groups is 1. The van der Waals surface area contributed by atoms with Gasteiger partial charge in [-0.15, -0.1) is 0 Å². The third-order valence-corrected chi connectivity index (χ3v) is 19.9. The highest BCUT2D eigenvalue weighted by Gasteiger charge is 2.36. The van der Waals surface area contributed by atoms with Crippen LogP contribution in [0.3, 0.4) is 0 Å². The van der Waals surface area contributed by atoms with Crippen molar-refractivity contribution in [1.82, 2.24) is 0 Å². The number of aryl methyl sites for hydroxylation is 6. The van der Waals surface area contributed by atoms with E-state index >= 15 is 4.57 Å². The van der Waals surface area contributed by atoms with E-state index in [-0.39, 0.29) is 35.8 Å². The first-order valence-corrected chi connectivity index (χ1v) is 41.9. The highest BCUT2D eigenvalue weighted by molar-refractivity contribution is 7.49. The summed E-state index contributed by atoms with van der Waals surface area (Å²) >= 11 is 0. The Morgan fingerprint density at radius 2 is 0.402 bits per heavy atom. The number of phosphoric acid groups is 1. The van der Waals surface area contributed by atoms with Crippen LogP contribution < -0.4 is 13.6 Å². The fourth-order valence-electron chi connectivity index (χ4n) is 12.2. The van der Waals surface area contributed by atoms with Gasteiger partial charge in [-0.25, -0.2) is 28.8 Å². The zero-order valence-corrected chi connectivity index (χ0v) is 67.8. The maximum absolute atomic E-state index is 16.5. The molecule has 596 valence electrons. The number of carbonyl (C=O) groups excluding carboxylic acids is 6. The molecule has 0 saturated carbocycles. The second kappa shape index (κ2) is 57.6. The summed E-state index contributed by atoms with van der Waals surface area (Å²) in [6.07, 6.45) is 38.9. The van der Waals surface area contributed by atoms with Crippen molar-refractivity contribution in [2.45, 2.75) is 311 Å². The van der Waals surface area contributed by atoms with Gasteiger partial charge in [-0.2, -0.15) is 4.57 Å². The predicted molar refractivity (Wildman–Crippen MR) is 432 cm³/mol. The Hall–Kier alpha value is -7.45. The van der Waals surface area contributed by atoms with Crippen LogP contribution in [-0.4, -0.2) is 75.5 Å². The molecule has 0 fully saturated rings. The van der Waals surface area contributed by atoms with Gasteiger partial charge in [-0.3, -0.25) is 0 Å². The van der Waals surface area contributed by atoms with Gasteiger partial charge in [0.25, 0.3) is 0 Å². The van der Waals surface area contributed by atoms with Crippen LogP contribution in [0.25, 0.3) is 0 Å². The van der Waals surface area contributed by atoms with Gasteiger partial charge in [0.2, 0.25) is 0 Å². The van der Waals surface area contributed by atoms with E-state index in [1.54, 1.807) is 41.5 Å². The summed E-state index contributed by atoms with van der Waals surface area (Å²) in [6.45, 7) is 34.3. The molecule has 0 radical (unpaired) electrons. The minimum atomic E-state index is -4.61. The number of esters is 6. The normalized spacial score (nSPS) is 11.1. The number of hydrogen-bond acceptors (Lipinski definition) is 16. The Morgan fingerprint density at radius 1 is 0.243 bits per heavy atom. The van der Waals surface area contributed by atoms with E-state index in [1.807, 2.05) is 18.2 Å². The van der Waals surface area contributed by atoms with Crippen molar-refractivity contribution in [3.05, 3.63) is 161 Å². The second-order valence-electron chi connectivity index (χ2n) is 29.3. The molecule has 0 atom stereocenters. The molecule has 107 heavy (non-hydrogen) atoms. The molecule has 0 bridgehead atoms. The van der Waals surface area contributed by atoms with E-state index in [2.05, 4.69) is 75.9 Å². The summed E-state index contributed by atoms with van der Waals surface area (Å²) in [4.78, 5) is 71.6. The average Bonchev–Trinajstić information content (AvgIpc) is 0.795. The average molecular weight is 1500 g/mol. The fourth-order valence-corrected chi connectivity index (χ4v) is 13.5. The second-order valence-corrected chi connectivity index (χ2v) is 30.7. The van der Waals surface area contributed by atoms with E-state index in [1.165, 1.54) is 0 Å². The predicted octanol–water partition coefficient (Wildman–Crippen LogP) is 23.3. The van der Waals surface area contributed by atoms with Gasteiger partial charge in [0.1, 0.15) is 17.2 Å². The van der Waals surface area contributed by atoms with Crippen molar-refractivity contribution in [2.24, 2.45) is 0 Å². The van der Waals surface area contributed by atoms with Crippen molar-refractivity contribution in [2.75, 3.05) is 39.6 Å². The molecule has 3 rings (SSSR count). The molecule has 0 aliphatic carbocycles. The van der Waals surface area contributed by atoms with Crippen molar-refractivity contribution in [1.29, 1.82) is 0 Å². The molecule has 0 saturated heterocycles. The lowest BCUT2D eigenvalue weighted by atomic mass is 9.99. The fraction of sp³-hybridized carbons (Fsp3) is 0.600. The largest absolute Gasteiger partial charge is 0.647 e. The lowest BCUT2D eigenvalue weighted by Gasteiger charge is -2.24. The molecule has 17 heteroatoms. The monoisotopic (exact) mass is 1500 g/mol. The van der Waals surface area contributed by atoms with Crippen LogP contribution in [0.1, 0.15) is 306 Å². The Labute approximate surface area is 644 Å². The number of hydrogen-bond donors (Lipinski definition) is 0. The summed E-state index contributed by atoms with van der Waals surface area (Å²) in [5.74, 6) is -0.783. The molecule has 0 amide bonds. The summed E-state index contributed by atoms with van der Waals surface area (Å²) < 4.78 is 69.4. The summed E-state index contributed by atoms with van der Waals surface area (Å²) in [7, 11) is -4.61. The molecule has 0 aromatic heterocycles. The number of ether oxygens (including phenoxy) is 6. The van der Waals surface area contributed by atoms with Gasteiger partial charge >= 0.3 is 43.6 Å².